The number of anilines is 1. The van der Waals surface area contributed by atoms with Gasteiger partial charge in [0.25, 0.3) is 5.91 Å². The van der Waals surface area contributed by atoms with E-state index in [1.165, 1.54) is 0 Å². The molecule has 0 bridgehead atoms. The maximum absolute atomic E-state index is 12.4. The van der Waals surface area contributed by atoms with Crippen LogP contribution in [0.25, 0.3) is 0 Å². The minimum Gasteiger partial charge on any atom is -0.484 e. The van der Waals surface area contributed by atoms with Crippen molar-refractivity contribution < 1.29 is 19.1 Å². The largest absolute Gasteiger partial charge is 0.484 e. The number of thioether (sulfide) groups is 1. The standard InChI is InChI=1S/C20H24N4O4S/c25-18(21-9-15-7-4-8-27-15)10-24-20(16-12-29-13-17(16)23-24)22-19(26)11-28-14-5-2-1-3-6-14/h1-3,5-6,15H,4,7-13H2,(H,21,25)(H,22,26)/t15-/m1/s1. The number of ether oxygens (including phenoxy) is 2. The molecule has 1 saturated heterocycles. The highest BCUT2D eigenvalue weighted by Gasteiger charge is 2.25. The van der Waals surface area contributed by atoms with Crippen molar-refractivity contribution in [2.75, 3.05) is 25.1 Å². The summed E-state index contributed by atoms with van der Waals surface area (Å²) in [5, 5.41) is 10.3. The van der Waals surface area contributed by atoms with Crippen LogP contribution in [0.1, 0.15) is 24.1 Å². The predicted octanol–water partition coefficient (Wildman–Crippen LogP) is 1.94. The molecule has 0 aliphatic carbocycles. The van der Waals surface area contributed by atoms with Crippen LogP contribution < -0.4 is 15.4 Å². The molecule has 2 N–H and O–H groups in total. The normalized spacial score (nSPS) is 17.7. The Morgan fingerprint density at radius 1 is 1.24 bits per heavy atom. The summed E-state index contributed by atoms with van der Waals surface area (Å²) in [5.74, 6) is 2.33. The fourth-order valence-electron chi connectivity index (χ4n) is 3.38. The summed E-state index contributed by atoms with van der Waals surface area (Å²) < 4.78 is 12.6. The second-order valence-electron chi connectivity index (χ2n) is 7.01. The summed E-state index contributed by atoms with van der Waals surface area (Å²) in [4.78, 5) is 24.8. The van der Waals surface area contributed by atoms with Crippen LogP contribution in [0.3, 0.4) is 0 Å². The molecule has 1 fully saturated rings. The van der Waals surface area contributed by atoms with Gasteiger partial charge in [-0.25, -0.2) is 4.68 Å². The van der Waals surface area contributed by atoms with Gasteiger partial charge in [0.2, 0.25) is 5.91 Å². The molecule has 0 radical (unpaired) electrons. The van der Waals surface area contributed by atoms with Crippen molar-refractivity contribution in [2.24, 2.45) is 0 Å². The number of hydrogen-bond acceptors (Lipinski definition) is 6. The number of aromatic nitrogens is 2. The van der Waals surface area contributed by atoms with E-state index in [1.807, 2.05) is 18.2 Å². The summed E-state index contributed by atoms with van der Waals surface area (Å²) in [7, 11) is 0. The quantitative estimate of drug-likeness (QED) is 0.683. The van der Waals surface area contributed by atoms with Gasteiger partial charge in [-0.15, -0.1) is 0 Å². The van der Waals surface area contributed by atoms with Gasteiger partial charge in [-0.3, -0.25) is 9.59 Å². The molecule has 2 aliphatic heterocycles. The number of nitrogens with zero attached hydrogens (tertiary/aromatic N) is 2. The van der Waals surface area contributed by atoms with Crippen molar-refractivity contribution >= 4 is 29.4 Å². The molecular formula is C20H24N4O4S. The average molecular weight is 417 g/mol. The molecule has 8 nitrogen and oxygen atoms in total. The van der Waals surface area contributed by atoms with Crippen molar-refractivity contribution in [3.05, 3.63) is 41.6 Å². The van der Waals surface area contributed by atoms with E-state index in [0.717, 1.165) is 42.2 Å². The maximum Gasteiger partial charge on any atom is 0.263 e. The molecule has 1 atom stereocenters. The minimum atomic E-state index is -0.283. The molecule has 3 heterocycles. The Balaban J connectivity index is 1.36. The number of nitrogens with one attached hydrogen (secondary N) is 2. The average Bonchev–Trinajstić information content (AvgIpc) is 3.46. The predicted molar refractivity (Wildman–Crippen MR) is 110 cm³/mol. The molecule has 154 valence electrons. The summed E-state index contributed by atoms with van der Waals surface area (Å²) in [6, 6.07) is 9.17. The molecule has 0 unspecified atom stereocenters. The van der Waals surface area contributed by atoms with E-state index in [2.05, 4.69) is 15.7 Å². The molecule has 1 aromatic carbocycles. The van der Waals surface area contributed by atoms with Gasteiger partial charge in [-0.2, -0.15) is 16.9 Å². The summed E-state index contributed by atoms with van der Waals surface area (Å²) in [6.45, 7) is 1.20. The Kier molecular flexibility index (Phi) is 6.36. The Morgan fingerprint density at radius 3 is 2.90 bits per heavy atom. The first-order chi connectivity index (χ1) is 14.2. The second-order valence-corrected chi connectivity index (χ2v) is 8.00. The summed E-state index contributed by atoms with van der Waals surface area (Å²) in [6.07, 6.45) is 2.09. The first kappa shape index (κ1) is 19.8. The number of fused-ring (bicyclic) bond motifs is 1. The fraction of sp³-hybridized carbons (Fsp3) is 0.450. The molecule has 0 spiro atoms. The highest BCUT2D eigenvalue weighted by atomic mass is 32.2. The number of carbonyl (C=O) groups is 2. The van der Waals surface area contributed by atoms with Crippen LogP contribution in [0.4, 0.5) is 5.82 Å². The monoisotopic (exact) mass is 416 g/mol. The zero-order valence-electron chi connectivity index (χ0n) is 16.1. The van der Waals surface area contributed by atoms with Crippen molar-refractivity contribution in [1.82, 2.24) is 15.1 Å². The van der Waals surface area contributed by atoms with E-state index >= 15 is 0 Å². The maximum atomic E-state index is 12.4. The molecular weight excluding hydrogens is 392 g/mol. The Labute approximate surface area is 173 Å². The Hall–Kier alpha value is -2.52. The van der Waals surface area contributed by atoms with Gasteiger partial charge in [-0.05, 0) is 25.0 Å². The third-order valence-electron chi connectivity index (χ3n) is 4.83. The smallest absolute Gasteiger partial charge is 0.263 e. The van der Waals surface area contributed by atoms with Gasteiger partial charge in [0.05, 0.1) is 11.8 Å². The molecule has 2 amide bonds. The molecule has 9 heteroatoms. The van der Waals surface area contributed by atoms with Crippen molar-refractivity contribution in [2.45, 2.75) is 37.0 Å². The van der Waals surface area contributed by atoms with Gasteiger partial charge in [-0.1, -0.05) is 18.2 Å². The number of carbonyl (C=O) groups excluding carboxylic acids is 2. The number of rotatable bonds is 8. The van der Waals surface area contributed by atoms with Crippen molar-refractivity contribution in [3.63, 3.8) is 0 Å². The fourth-order valence-corrected chi connectivity index (χ4v) is 4.41. The van der Waals surface area contributed by atoms with Crippen LogP contribution in [0.15, 0.2) is 30.3 Å². The van der Waals surface area contributed by atoms with Gasteiger partial charge in [0.15, 0.2) is 6.61 Å². The lowest BCUT2D eigenvalue weighted by Gasteiger charge is -2.13. The molecule has 1 aromatic heterocycles. The number of para-hydroxylation sites is 1. The highest BCUT2D eigenvalue weighted by molar-refractivity contribution is 7.98. The molecule has 2 aromatic rings. The lowest BCUT2D eigenvalue weighted by molar-refractivity contribution is -0.122. The van der Waals surface area contributed by atoms with Gasteiger partial charge in [0.1, 0.15) is 18.1 Å². The lowest BCUT2D eigenvalue weighted by atomic mass is 10.2. The molecule has 2 aliphatic rings. The van der Waals surface area contributed by atoms with E-state index in [0.29, 0.717) is 18.1 Å². The highest BCUT2D eigenvalue weighted by Crippen LogP contribution is 2.34. The minimum absolute atomic E-state index is 0.0551. The zero-order chi connectivity index (χ0) is 20.1. The molecule has 0 saturated carbocycles. The van der Waals surface area contributed by atoms with E-state index < -0.39 is 0 Å². The Morgan fingerprint density at radius 2 is 2.10 bits per heavy atom. The van der Waals surface area contributed by atoms with Crippen LogP contribution in [-0.4, -0.2) is 47.5 Å². The number of amides is 2. The van der Waals surface area contributed by atoms with Crippen LogP contribution in [0.5, 0.6) is 5.75 Å². The van der Waals surface area contributed by atoms with Gasteiger partial charge in [0, 0.05) is 30.2 Å². The van der Waals surface area contributed by atoms with Crippen LogP contribution in [0, 0.1) is 0 Å². The third-order valence-corrected chi connectivity index (χ3v) is 5.80. The van der Waals surface area contributed by atoms with E-state index in [4.69, 9.17) is 9.47 Å². The topological polar surface area (TPSA) is 94.5 Å². The summed E-state index contributed by atoms with van der Waals surface area (Å²) >= 11 is 1.74. The molecule has 29 heavy (non-hydrogen) atoms. The van der Waals surface area contributed by atoms with Crippen LogP contribution in [0.2, 0.25) is 0 Å². The third kappa shape index (κ3) is 5.10. The number of hydrogen-bond donors (Lipinski definition) is 2. The second kappa shape index (κ2) is 9.32. The van der Waals surface area contributed by atoms with Gasteiger partial charge >= 0.3 is 0 Å². The first-order valence-corrected chi connectivity index (χ1v) is 10.9. The molecule has 4 rings (SSSR count). The summed E-state index contributed by atoms with van der Waals surface area (Å²) in [5.41, 5.74) is 1.90. The first-order valence-electron chi connectivity index (χ1n) is 9.71. The zero-order valence-corrected chi connectivity index (χ0v) is 16.9. The van der Waals surface area contributed by atoms with Crippen molar-refractivity contribution in [3.8, 4) is 5.75 Å². The van der Waals surface area contributed by atoms with E-state index in [9.17, 15) is 9.59 Å². The number of benzene rings is 1. The lowest BCUT2D eigenvalue weighted by Crippen LogP contribution is -2.35. The van der Waals surface area contributed by atoms with Crippen LogP contribution in [-0.2, 0) is 32.4 Å². The Bertz CT molecular complexity index is 865. The van der Waals surface area contributed by atoms with E-state index in [-0.39, 0.29) is 31.1 Å². The SMILES string of the molecule is O=C(Cn1nc2c(c1NC(=O)COc1ccccc1)CSC2)NC[C@H]1CCCO1. The van der Waals surface area contributed by atoms with Crippen LogP contribution >= 0.6 is 11.8 Å². The van der Waals surface area contributed by atoms with E-state index in [1.54, 1.807) is 28.6 Å². The van der Waals surface area contributed by atoms with Crippen molar-refractivity contribution in [1.29, 1.82) is 0 Å². The van der Waals surface area contributed by atoms with Gasteiger partial charge < -0.3 is 20.1 Å².